The molecule has 0 fully saturated rings. The van der Waals surface area contributed by atoms with Gasteiger partial charge in [-0.1, -0.05) is 6.07 Å². The maximum absolute atomic E-state index is 9.36. The van der Waals surface area contributed by atoms with Gasteiger partial charge < -0.3 is 82.4 Å². The molecule has 0 aliphatic heterocycles. The molecule has 0 radical (unpaired) electrons. The number of nitrogens with zero attached hydrogens (tertiary/aromatic N) is 7. The number of nitrogens with two attached hydrogens (primary N) is 14. The van der Waals surface area contributed by atoms with Gasteiger partial charge in [0, 0.05) is 90.0 Å². The van der Waals surface area contributed by atoms with Crippen LogP contribution in [0.4, 0.5) is 0 Å². The van der Waals surface area contributed by atoms with Gasteiger partial charge in [0.15, 0.2) is 23.0 Å². The van der Waals surface area contributed by atoms with Crippen LogP contribution in [0.25, 0.3) is 0 Å². The molecule has 7 aromatic carbocycles. The molecule has 7 rings (SSSR count). The monoisotopic (exact) mass is 1570 g/mol. The van der Waals surface area contributed by atoms with Gasteiger partial charge >= 0.3 is 0 Å². The lowest BCUT2D eigenvalue weighted by molar-refractivity contribution is -0.117. The van der Waals surface area contributed by atoms with Crippen LogP contribution < -0.4 is 135 Å². The minimum atomic E-state index is -0.271. The fourth-order valence-electron chi connectivity index (χ4n) is 8.33. The summed E-state index contributed by atoms with van der Waals surface area (Å²) < 4.78 is 62.3. The first kappa shape index (κ1) is 96.1. The number of methoxy groups -OCH3 is 12. The summed E-state index contributed by atoms with van der Waals surface area (Å²) in [6.45, 7) is 1.69. The van der Waals surface area contributed by atoms with Crippen LogP contribution in [0.15, 0.2) is 144 Å². The highest BCUT2D eigenvalue weighted by atomic mass is 16.5. The second-order valence-corrected chi connectivity index (χ2v) is 22.2. The second kappa shape index (κ2) is 53.8. The maximum atomic E-state index is 9.36. The van der Waals surface area contributed by atoms with E-state index < -0.39 is 0 Å². The van der Waals surface area contributed by atoms with Crippen molar-refractivity contribution in [3.8, 4) is 97.7 Å². The minimum absolute atomic E-state index is 0.0437. The van der Waals surface area contributed by atoms with E-state index in [0.717, 1.165) is 57.2 Å². The van der Waals surface area contributed by atoms with E-state index in [1.165, 1.54) is 30.6 Å². The molecule has 38 heteroatoms. The smallest absolute Gasteiger partial charge is 0.260 e. The van der Waals surface area contributed by atoms with Gasteiger partial charge in [-0.3, -0.25) is 113 Å². The van der Waals surface area contributed by atoms with Crippen molar-refractivity contribution in [3.63, 3.8) is 0 Å². The first-order chi connectivity index (χ1) is 53.9. The summed E-state index contributed by atoms with van der Waals surface area (Å²) in [6.07, 6.45) is 10.8. The number of aliphatic imine (C=N–C) groups is 7. The van der Waals surface area contributed by atoms with Crippen LogP contribution in [0, 0.1) is 0 Å². The highest BCUT2D eigenvalue weighted by Crippen LogP contribution is 2.38. The molecule has 0 atom stereocenters. The third-order valence-electron chi connectivity index (χ3n) is 13.4. The number of amidine groups is 7. The molecule has 0 bridgehead atoms. The number of hydrogen-bond acceptors (Lipinski definition) is 24. The largest absolute Gasteiger partial charge is 0.508 e. The summed E-state index contributed by atoms with van der Waals surface area (Å²) in [4.78, 5) is 28.1. The molecular weight excluding hydrogens is 1470 g/mol. The van der Waals surface area contributed by atoms with Gasteiger partial charge in [-0.2, -0.15) is 0 Å². The Morgan fingerprint density at radius 1 is 0.274 bits per heavy atom. The van der Waals surface area contributed by atoms with Gasteiger partial charge in [-0.25, -0.2) is 0 Å². The molecule has 0 heterocycles. The lowest BCUT2D eigenvalue weighted by Crippen LogP contribution is -2.47. The zero-order valence-electron chi connectivity index (χ0n) is 65.2. The van der Waals surface area contributed by atoms with E-state index in [2.05, 4.69) is 34.9 Å². The molecule has 0 saturated carbocycles. The SMILES string of the molecule is COc1cc(C=NCC(N)=[NH2+])cc(OC)c1OC.COc1cc(OC)c(OC)cc1C=NCC(N)=[NH2+].COc1ccc(C=NCC(N)=[NH2+])c(OC)c1.COc1ccc(OC)c(C=NCC(N)=[NH2+])c1.COc1cccc(OC)c1C=NCC(N)=[NH2+].NC(=[NH2+])CN=Cc1c(O)cc(O)cc1O.NC(=[NH2+])CN=Cc1cc(O)ccc1O. The summed E-state index contributed by atoms with van der Waals surface area (Å²) in [6, 6.07) is 29.9. The van der Waals surface area contributed by atoms with Crippen molar-refractivity contribution in [2.45, 2.75) is 0 Å². The number of ether oxygens (including phenoxy) is 12. The Morgan fingerprint density at radius 2 is 0.628 bits per heavy atom. The highest BCUT2D eigenvalue weighted by molar-refractivity contribution is 5.92. The first-order valence-corrected chi connectivity index (χ1v) is 32.9. The van der Waals surface area contributed by atoms with Crippen LogP contribution >= 0.6 is 0 Å². The van der Waals surface area contributed by atoms with Crippen molar-refractivity contribution in [1.29, 1.82) is 0 Å². The quantitative estimate of drug-likeness (QED) is 0.0103. The van der Waals surface area contributed by atoms with E-state index in [-0.39, 0.29) is 108 Å². The van der Waals surface area contributed by atoms with Crippen molar-refractivity contribution >= 4 is 84.4 Å². The summed E-state index contributed by atoms with van der Waals surface area (Å²) >= 11 is 0. The standard InChI is InChI=1S/2C12H17N3O3.3C11H15N3O2.C9H11N3O3.C9H11N3O2/c1-16-9-5-11(18-3)10(17-2)4-8(9)6-15-7-12(13)14;1-16-9-4-8(6-15-7-11(13)14)5-10(17-2)12(9)18-3;1-15-9-3-4-10(16-2)8(5-9)6-14-7-11(12)13;1-15-9-4-3-8(10(5-9)16-2)6-14-7-11(12)13;1-15-9-4-3-5-10(16-2)8(9)6-14-7-11(12)13;10-9(11)4-12-3-6-7(14)1-5(13)2-8(6)15;10-9(11)5-12-4-6-3-7(13)1-2-8(6)14/h2*4-6H,7H2,1-3H3,(H3,13,14);3*3-6H,7H2,1-2H3,(H3,12,13);1-3,13-15H,4H2,(H3,10,11);1-4,13-14H,5H2,(H3,10,11)/p+7. The van der Waals surface area contributed by atoms with Gasteiger partial charge in [-0.05, 0) is 84.4 Å². The first-order valence-electron chi connectivity index (χ1n) is 32.9. The average molecular weight is 1580 g/mol. The van der Waals surface area contributed by atoms with E-state index in [9.17, 15) is 15.3 Å². The van der Waals surface area contributed by atoms with E-state index in [4.69, 9.17) is 145 Å². The number of benzene rings is 7. The van der Waals surface area contributed by atoms with Crippen LogP contribution in [0.3, 0.4) is 0 Å². The Morgan fingerprint density at radius 3 is 1.04 bits per heavy atom. The van der Waals surface area contributed by atoms with Crippen molar-refractivity contribution < 1.29 is 120 Å². The molecule has 33 N–H and O–H groups in total. The number of phenols is 5. The predicted molar refractivity (Wildman–Crippen MR) is 437 cm³/mol. The van der Waals surface area contributed by atoms with Gasteiger partial charge in [0.2, 0.25) is 5.75 Å². The van der Waals surface area contributed by atoms with Crippen LogP contribution in [-0.2, 0) is 0 Å². The van der Waals surface area contributed by atoms with Crippen LogP contribution in [0.1, 0.15) is 38.9 Å². The Kier molecular flexibility index (Phi) is 45.8. The topological polar surface area (TPSA) is 660 Å². The van der Waals surface area contributed by atoms with Crippen LogP contribution in [0.5, 0.6) is 97.7 Å². The lowest BCUT2D eigenvalue weighted by atomic mass is 10.2. The summed E-state index contributed by atoms with van der Waals surface area (Å²) in [5, 5.41) is 83.1. The molecule has 0 aliphatic carbocycles. The molecular formula is C75H108N21O17+7. The molecule has 0 spiro atoms. The predicted octanol–water partition coefficient (Wildman–Crippen LogP) is -6.82. The Balaban J connectivity index is 0.000000660. The molecule has 608 valence electrons. The Hall–Kier alpha value is -14.9. The molecule has 113 heavy (non-hydrogen) atoms. The lowest BCUT2D eigenvalue weighted by Gasteiger charge is -2.12. The zero-order valence-corrected chi connectivity index (χ0v) is 65.2. The van der Waals surface area contributed by atoms with Gasteiger partial charge in [-0.15, -0.1) is 0 Å². The van der Waals surface area contributed by atoms with Gasteiger partial charge in [0.1, 0.15) is 115 Å². The molecule has 0 aromatic heterocycles. The number of aromatic hydroxyl groups is 5. The number of rotatable bonds is 33. The highest BCUT2D eigenvalue weighted by Gasteiger charge is 2.15. The van der Waals surface area contributed by atoms with Crippen molar-refractivity contribution in [3.05, 3.63) is 148 Å². The zero-order chi connectivity index (χ0) is 85.0. The van der Waals surface area contributed by atoms with E-state index >= 15 is 0 Å². The van der Waals surface area contributed by atoms with E-state index in [0.29, 0.717) is 70.4 Å². The normalized spacial score (nSPS) is 10.4. The molecule has 0 aliphatic rings. The molecule has 0 unspecified atom stereocenters. The van der Waals surface area contributed by atoms with Crippen LogP contribution in [-0.4, -0.2) is 241 Å². The molecule has 0 amide bonds. The second-order valence-electron chi connectivity index (χ2n) is 22.2. The van der Waals surface area contributed by atoms with Crippen molar-refractivity contribution in [2.24, 2.45) is 75.1 Å². The van der Waals surface area contributed by atoms with Crippen molar-refractivity contribution in [2.75, 3.05) is 131 Å². The molecule has 0 saturated heterocycles. The van der Waals surface area contributed by atoms with Gasteiger partial charge in [0.25, 0.3) is 40.8 Å². The van der Waals surface area contributed by atoms with Crippen LogP contribution in [0.2, 0.25) is 0 Å². The molecule has 7 aromatic rings. The fraction of sp³-hybridized carbons (Fsp3) is 0.253. The Labute approximate surface area is 654 Å². The maximum Gasteiger partial charge on any atom is 0.260 e. The third-order valence-corrected chi connectivity index (χ3v) is 13.4. The van der Waals surface area contributed by atoms with E-state index in [1.807, 2.05) is 48.5 Å². The average Bonchev–Trinajstić information content (AvgIpc) is 0.827. The van der Waals surface area contributed by atoms with Crippen molar-refractivity contribution in [1.82, 2.24) is 0 Å². The minimum Gasteiger partial charge on any atom is -0.508 e. The van der Waals surface area contributed by atoms with Gasteiger partial charge in [0.05, 0.1) is 96.4 Å². The number of phenolic OH excluding ortho intramolecular Hbond substituents is 5. The molecule has 38 nitrogen and oxygen atoms in total. The van der Waals surface area contributed by atoms with E-state index in [1.54, 1.807) is 147 Å². The number of hydrogen-bond donors (Lipinski definition) is 19. The fourth-order valence-corrected chi connectivity index (χ4v) is 8.33. The summed E-state index contributed by atoms with van der Waals surface area (Å²) in [5.74, 6) is 8.80. The summed E-state index contributed by atoms with van der Waals surface area (Å²) in [5.41, 5.74) is 41.5. The third kappa shape index (κ3) is 38.0. The summed E-state index contributed by atoms with van der Waals surface area (Å²) in [7, 11) is 19.0. The Bertz CT molecular complexity index is 4400.